The zero-order valence-electron chi connectivity index (χ0n) is 8.46. The van der Waals surface area contributed by atoms with Gasteiger partial charge in [0.05, 0.1) is 5.02 Å². The fraction of sp³-hybridized carbons (Fsp3) is 0.0833. The van der Waals surface area contributed by atoms with Gasteiger partial charge in [-0.05, 0) is 52.7 Å². The molecule has 2 nitrogen and oxygen atoms in total. The summed E-state index contributed by atoms with van der Waals surface area (Å²) in [6.45, 7) is 1.95. The Morgan fingerprint density at radius 3 is 2.69 bits per heavy atom. The molecule has 0 saturated heterocycles. The Morgan fingerprint density at radius 1 is 1.38 bits per heavy atom. The fourth-order valence-corrected chi connectivity index (χ4v) is 1.94. The van der Waals surface area contributed by atoms with Gasteiger partial charge < -0.3 is 4.42 Å². The van der Waals surface area contributed by atoms with E-state index in [2.05, 4.69) is 15.9 Å². The van der Waals surface area contributed by atoms with Gasteiger partial charge >= 0.3 is 0 Å². The van der Waals surface area contributed by atoms with Crippen LogP contribution in [0.25, 0.3) is 11.3 Å². The largest absolute Gasteiger partial charge is 0.453 e. The average molecular weight is 300 g/mol. The number of aryl methyl sites for hydroxylation is 1. The van der Waals surface area contributed by atoms with Crippen molar-refractivity contribution in [2.75, 3.05) is 0 Å². The van der Waals surface area contributed by atoms with Gasteiger partial charge in [-0.2, -0.15) is 0 Å². The summed E-state index contributed by atoms with van der Waals surface area (Å²) >= 11 is 9.44. The number of halogens is 2. The van der Waals surface area contributed by atoms with Gasteiger partial charge in [-0.25, -0.2) is 0 Å². The Hall–Kier alpha value is -1.06. The van der Waals surface area contributed by atoms with Crippen molar-refractivity contribution in [1.29, 1.82) is 0 Å². The van der Waals surface area contributed by atoms with Crippen molar-refractivity contribution >= 4 is 33.8 Å². The molecule has 0 saturated carbocycles. The fourth-order valence-electron chi connectivity index (χ4n) is 1.44. The lowest BCUT2D eigenvalue weighted by Crippen LogP contribution is -1.81. The predicted octanol–water partition coefficient (Wildman–Crippen LogP) is 4.48. The summed E-state index contributed by atoms with van der Waals surface area (Å²) in [5.41, 5.74) is 1.88. The standard InChI is InChI=1S/C12H8BrClO2/c1-7-4-8(5-10(14)12(7)13)11-3-2-9(6-15)16-11/h2-6H,1H3. The van der Waals surface area contributed by atoms with Gasteiger partial charge in [0, 0.05) is 10.0 Å². The molecule has 4 heteroatoms. The SMILES string of the molecule is Cc1cc(-c2ccc(C=O)o2)cc(Cl)c1Br. The third-order valence-electron chi connectivity index (χ3n) is 2.24. The van der Waals surface area contributed by atoms with Crippen LogP contribution in [0.3, 0.4) is 0 Å². The lowest BCUT2D eigenvalue weighted by atomic mass is 10.1. The minimum Gasteiger partial charge on any atom is -0.453 e. The van der Waals surface area contributed by atoms with Crippen molar-refractivity contribution in [2.45, 2.75) is 6.92 Å². The Morgan fingerprint density at radius 2 is 2.12 bits per heavy atom. The molecule has 1 aromatic carbocycles. The Labute approximate surface area is 106 Å². The molecule has 0 bridgehead atoms. The molecule has 2 aromatic rings. The summed E-state index contributed by atoms with van der Waals surface area (Å²) < 4.78 is 6.20. The minimum absolute atomic E-state index is 0.312. The molecular formula is C12H8BrClO2. The number of benzene rings is 1. The van der Waals surface area contributed by atoms with Crippen molar-refractivity contribution in [3.05, 3.63) is 45.1 Å². The van der Waals surface area contributed by atoms with E-state index in [0.29, 0.717) is 22.8 Å². The summed E-state index contributed by atoms with van der Waals surface area (Å²) in [6.07, 6.45) is 0.677. The molecule has 0 atom stereocenters. The maximum Gasteiger partial charge on any atom is 0.185 e. The van der Waals surface area contributed by atoms with Gasteiger partial charge in [-0.3, -0.25) is 4.79 Å². The van der Waals surface area contributed by atoms with Crippen LogP contribution in [0.4, 0.5) is 0 Å². The number of aldehydes is 1. The van der Waals surface area contributed by atoms with Crippen LogP contribution in [0.1, 0.15) is 16.1 Å². The summed E-state index contributed by atoms with van der Waals surface area (Å²) in [6, 6.07) is 7.13. The molecule has 1 aromatic heterocycles. The second kappa shape index (κ2) is 4.44. The highest BCUT2D eigenvalue weighted by molar-refractivity contribution is 9.10. The molecule has 0 aliphatic carbocycles. The quantitative estimate of drug-likeness (QED) is 0.765. The Balaban J connectivity index is 2.52. The van der Waals surface area contributed by atoms with Crippen LogP contribution >= 0.6 is 27.5 Å². The smallest absolute Gasteiger partial charge is 0.185 e. The van der Waals surface area contributed by atoms with Crippen LogP contribution in [-0.2, 0) is 0 Å². The van der Waals surface area contributed by atoms with E-state index >= 15 is 0 Å². The van der Waals surface area contributed by atoms with E-state index < -0.39 is 0 Å². The first-order valence-electron chi connectivity index (χ1n) is 4.63. The molecule has 0 N–H and O–H groups in total. The lowest BCUT2D eigenvalue weighted by molar-refractivity contribution is 0.110. The molecule has 0 unspecified atom stereocenters. The maximum absolute atomic E-state index is 10.5. The van der Waals surface area contributed by atoms with Crippen LogP contribution in [0, 0.1) is 6.92 Å². The molecule has 2 rings (SSSR count). The third-order valence-corrected chi connectivity index (χ3v) is 3.82. The first kappa shape index (κ1) is 11.4. The molecule has 0 amide bonds. The molecule has 0 aliphatic rings. The highest BCUT2D eigenvalue weighted by Crippen LogP contribution is 2.32. The lowest BCUT2D eigenvalue weighted by Gasteiger charge is -2.04. The normalized spacial score (nSPS) is 10.4. The topological polar surface area (TPSA) is 30.2 Å². The maximum atomic E-state index is 10.5. The molecule has 1 heterocycles. The second-order valence-electron chi connectivity index (χ2n) is 3.41. The molecule has 16 heavy (non-hydrogen) atoms. The van der Waals surface area contributed by atoms with Gasteiger partial charge in [-0.15, -0.1) is 0 Å². The Bertz CT molecular complexity index is 523. The minimum atomic E-state index is 0.312. The van der Waals surface area contributed by atoms with E-state index in [1.165, 1.54) is 0 Å². The monoisotopic (exact) mass is 298 g/mol. The zero-order valence-corrected chi connectivity index (χ0v) is 10.8. The van der Waals surface area contributed by atoms with Crippen LogP contribution < -0.4 is 0 Å². The number of hydrogen-bond acceptors (Lipinski definition) is 2. The van der Waals surface area contributed by atoms with Crippen LogP contribution in [0.5, 0.6) is 0 Å². The van der Waals surface area contributed by atoms with Crippen molar-refractivity contribution < 1.29 is 9.21 Å². The van der Waals surface area contributed by atoms with Crippen LogP contribution in [0.15, 0.2) is 33.2 Å². The highest BCUT2D eigenvalue weighted by Gasteiger charge is 2.08. The van der Waals surface area contributed by atoms with Crippen molar-refractivity contribution in [2.24, 2.45) is 0 Å². The van der Waals surface area contributed by atoms with E-state index in [1.807, 2.05) is 13.0 Å². The molecule has 0 spiro atoms. The second-order valence-corrected chi connectivity index (χ2v) is 4.61. The summed E-state index contributed by atoms with van der Waals surface area (Å²) in [4.78, 5) is 10.5. The summed E-state index contributed by atoms with van der Waals surface area (Å²) in [7, 11) is 0. The zero-order chi connectivity index (χ0) is 11.7. The predicted molar refractivity (Wildman–Crippen MR) is 67.0 cm³/mol. The van der Waals surface area contributed by atoms with E-state index in [0.717, 1.165) is 15.6 Å². The van der Waals surface area contributed by atoms with Gasteiger partial charge in [0.2, 0.25) is 0 Å². The highest BCUT2D eigenvalue weighted by atomic mass is 79.9. The molecular weight excluding hydrogens is 291 g/mol. The van der Waals surface area contributed by atoms with Crippen molar-refractivity contribution in [1.82, 2.24) is 0 Å². The van der Waals surface area contributed by atoms with Crippen molar-refractivity contribution in [3.63, 3.8) is 0 Å². The summed E-state index contributed by atoms with van der Waals surface area (Å²) in [5.74, 6) is 0.950. The molecule has 0 aliphatic heterocycles. The first-order chi connectivity index (χ1) is 7.61. The third kappa shape index (κ3) is 2.06. The molecule has 0 fully saturated rings. The van der Waals surface area contributed by atoms with Gasteiger partial charge in [-0.1, -0.05) is 11.6 Å². The van der Waals surface area contributed by atoms with E-state index in [1.54, 1.807) is 18.2 Å². The van der Waals surface area contributed by atoms with Crippen molar-refractivity contribution in [3.8, 4) is 11.3 Å². The molecule has 0 radical (unpaired) electrons. The van der Waals surface area contributed by atoms with E-state index in [4.69, 9.17) is 16.0 Å². The number of furan rings is 1. The Kier molecular flexibility index (Phi) is 3.17. The van der Waals surface area contributed by atoms with E-state index in [-0.39, 0.29) is 0 Å². The van der Waals surface area contributed by atoms with Crippen LogP contribution in [0.2, 0.25) is 5.02 Å². The summed E-state index contributed by atoms with van der Waals surface area (Å²) in [5, 5.41) is 0.624. The van der Waals surface area contributed by atoms with Gasteiger partial charge in [0.1, 0.15) is 5.76 Å². The number of carbonyl (C=O) groups is 1. The van der Waals surface area contributed by atoms with Gasteiger partial charge in [0.25, 0.3) is 0 Å². The number of carbonyl (C=O) groups excluding carboxylic acids is 1. The van der Waals surface area contributed by atoms with E-state index in [9.17, 15) is 4.79 Å². The van der Waals surface area contributed by atoms with Crippen LogP contribution in [-0.4, -0.2) is 6.29 Å². The number of hydrogen-bond donors (Lipinski definition) is 0. The first-order valence-corrected chi connectivity index (χ1v) is 5.80. The molecule has 82 valence electrons. The average Bonchev–Trinajstić information content (AvgIpc) is 2.73. The number of rotatable bonds is 2. The van der Waals surface area contributed by atoms with Gasteiger partial charge in [0.15, 0.2) is 12.0 Å².